The topological polar surface area (TPSA) is 92.5 Å². The van der Waals surface area contributed by atoms with E-state index in [1.807, 2.05) is 0 Å². The third-order valence-electron chi connectivity index (χ3n) is 4.55. The van der Waals surface area contributed by atoms with Crippen LogP contribution >= 0.6 is 35.0 Å². The fourth-order valence-electron chi connectivity index (χ4n) is 3.16. The summed E-state index contributed by atoms with van der Waals surface area (Å²) in [4.78, 5) is 24.4. The van der Waals surface area contributed by atoms with Crippen molar-refractivity contribution >= 4 is 46.6 Å². The summed E-state index contributed by atoms with van der Waals surface area (Å²) >= 11 is 13.1. The predicted octanol–water partition coefficient (Wildman–Crippen LogP) is 4.99. The van der Waals surface area contributed by atoms with Crippen molar-refractivity contribution in [1.82, 2.24) is 5.32 Å². The molecular formula is C20H12Cl2N2O4S. The Hall–Kier alpha value is -2.58. The second-order valence-corrected chi connectivity index (χ2v) is 8.26. The average Bonchev–Trinajstić information content (AvgIpc) is 2.97. The zero-order valence-corrected chi connectivity index (χ0v) is 16.9. The summed E-state index contributed by atoms with van der Waals surface area (Å²) in [5.74, 6) is -0.444. The van der Waals surface area contributed by atoms with Crippen LogP contribution in [0, 0.1) is 10.1 Å². The van der Waals surface area contributed by atoms with Crippen molar-refractivity contribution in [2.45, 2.75) is 15.5 Å². The Morgan fingerprint density at radius 1 is 1.03 bits per heavy atom. The zero-order chi connectivity index (χ0) is 20.8. The van der Waals surface area contributed by atoms with Crippen molar-refractivity contribution in [3.63, 3.8) is 0 Å². The van der Waals surface area contributed by atoms with E-state index in [-0.39, 0.29) is 11.3 Å². The summed E-state index contributed by atoms with van der Waals surface area (Å²) in [6.07, 6.45) is 0. The van der Waals surface area contributed by atoms with Gasteiger partial charge in [0.25, 0.3) is 11.6 Å². The zero-order valence-electron chi connectivity index (χ0n) is 14.6. The number of amides is 1. The van der Waals surface area contributed by atoms with Gasteiger partial charge in [-0.2, -0.15) is 0 Å². The Bertz CT molecular complexity index is 1170. The molecule has 0 aliphatic carbocycles. The molecule has 1 amide bonds. The number of aliphatic hydroxyl groups is 1. The van der Waals surface area contributed by atoms with Crippen LogP contribution in [0.5, 0.6) is 0 Å². The Morgan fingerprint density at radius 3 is 2.52 bits per heavy atom. The van der Waals surface area contributed by atoms with E-state index in [4.69, 9.17) is 23.2 Å². The number of nitrogens with zero attached hydrogens (tertiary/aromatic N) is 1. The lowest BCUT2D eigenvalue weighted by atomic mass is 9.94. The molecule has 1 heterocycles. The van der Waals surface area contributed by atoms with Crippen LogP contribution < -0.4 is 5.32 Å². The number of nitrogens with one attached hydrogen (secondary N) is 1. The number of rotatable bonds is 4. The summed E-state index contributed by atoms with van der Waals surface area (Å²) in [5, 5.41) is 26.1. The van der Waals surface area contributed by atoms with Gasteiger partial charge in [0.15, 0.2) is 5.72 Å². The number of carbonyl (C=O) groups excluding carboxylic acids is 1. The van der Waals surface area contributed by atoms with Gasteiger partial charge < -0.3 is 10.4 Å². The molecule has 1 aliphatic heterocycles. The highest BCUT2D eigenvalue weighted by molar-refractivity contribution is 7.99. The molecular weight excluding hydrogens is 435 g/mol. The van der Waals surface area contributed by atoms with E-state index < -0.39 is 16.6 Å². The normalized spacial score (nSPS) is 17.7. The highest BCUT2D eigenvalue weighted by Crippen LogP contribution is 2.41. The molecule has 1 atom stereocenters. The summed E-state index contributed by atoms with van der Waals surface area (Å²) in [5.41, 5.74) is -1.17. The number of fused-ring (bicyclic) bond motifs is 1. The first-order chi connectivity index (χ1) is 13.8. The van der Waals surface area contributed by atoms with Crippen molar-refractivity contribution in [1.29, 1.82) is 0 Å². The molecule has 9 heteroatoms. The van der Waals surface area contributed by atoms with Crippen LogP contribution in [0.1, 0.15) is 21.5 Å². The molecule has 0 aromatic heterocycles. The van der Waals surface area contributed by atoms with E-state index in [0.29, 0.717) is 31.0 Å². The summed E-state index contributed by atoms with van der Waals surface area (Å²) in [7, 11) is 0. The molecule has 0 saturated carbocycles. The fraction of sp³-hybridized carbons (Fsp3) is 0.0500. The highest BCUT2D eigenvalue weighted by atomic mass is 35.5. The van der Waals surface area contributed by atoms with E-state index in [0.717, 1.165) is 11.8 Å². The van der Waals surface area contributed by atoms with Crippen molar-refractivity contribution < 1.29 is 14.8 Å². The maximum Gasteiger partial charge on any atom is 0.283 e. The molecule has 0 fully saturated rings. The first-order valence-corrected chi connectivity index (χ1v) is 9.93. The van der Waals surface area contributed by atoms with E-state index in [1.54, 1.807) is 48.5 Å². The second-order valence-electron chi connectivity index (χ2n) is 6.33. The lowest BCUT2D eigenvalue weighted by molar-refractivity contribution is -0.387. The van der Waals surface area contributed by atoms with E-state index in [2.05, 4.69) is 5.32 Å². The molecule has 0 saturated heterocycles. The Morgan fingerprint density at radius 2 is 1.79 bits per heavy atom. The van der Waals surface area contributed by atoms with Crippen LogP contribution in [0.15, 0.2) is 70.5 Å². The van der Waals surface area contributed by atoms with Crippen molar-refractivity contribution in [3.05, 3.63) is 97.5 Å². The van der Waals surface area contributed by atoms with Crippen LogP contribution in [0.25, 0.3) is 0 Å². The molecule has 0 radical (unpaired) electrons. The predicted molar refractivity (Wildman–Crippen MR) is 111 cm³/mol. The van der Waals surface area contributed by atoms with Crippen LogP contribution in [-0.2, 0) is 5.72 Å². The monoisotopic (exact) mass is 446 g/mol. The molecule has 6 nitrogen and oxygen atoms in total. The number of nitro benzene ring substituents is 1. The number of nitro groups is 1. The molecule has 1 aliphatic rings. The Kier molecular flexibility index (Phi) is 5.00. The van der Waals surface area contributed by atoms with Gasteiger partial charge in [0, 0.05) is 27.7 Å². The van der Waals surface area contributed by atoms with Crippen LogP contribution in [0.2, 0.25) is 10.0 Å². The van der Waals surface area contributed by atoms with Gasteiger partial charge in [-0.3, -0.25) is 14.9 Å². The smallest absolute Gasteiger partial charge is 0.283 e. The molecule has 1 unspecified atom stereocenters. The van der Waals surface area contributed by atoms with Gasteiger partial charge in [-0.25, -0.2) is 0 Å². The van der Waals surface area contributed by atoms with Gasteiger partial charge >= 0.3 is 0 Å². The second kappa shape index (κ2) is 7.35. The SMILES string of the molecule is O=C1NC(O)(c2ccc(Sc3ccc(Cl)c(Cl)c3)c([N+](=O)[O-])c2)c2ccccc21. The van der Waals surface area contributed by atoms with E-state index in [1.165, 1.54) is 12.1 Å². The molecule has 3 aromatic carbocycles. The van der Waals surface area contributed by atoms with Gasteiger partial charge in [0.05, 0.1) is 19.9 Å². The first kappa shape index (κ1) is 19.7. The Balaban J connectivity index is 1.76. The standard InChI is InChI=1S/C20H12Cl2N2O4S/c21-15-7-6-12(10-16(15)22)29-18-8-5-11(9-17(18)24(27)28)20(26)14-4-2-1-3-13(14)19(25)23-20/h1-10,26H,(H,23,25). The third kappa shape index (κ3) is 3.47. The Labute approximate surface area is 179 Å². The molecule has 0 spiro atoms. The minimum absolute atomic E-state index is 0.195. The number of hydrogen-bond donors (Lipinski definition) is 2. The van der Waals surface area contributed by atoms with Crippen molar-refractivity contribution in [3.8, 4) is 0 Å². The summed E-state index contributed by atoms with van der Waals surface area (Å²) < 4.78 is 0. The van der Waals surface area contributed by atoms with E-state index >= 15 is 0 Å². The maximum absolute atomic E-state index is 12.2. The quantitative estimate of drug-likeness (QED) is 0.434. The average molecular weight is 447 g/mol. The minimum Gasteiger partial charge on any atom is -0.363 e. The minimum atomic E-state index is -1.84. The van der Waals surface area contributed by atoms with Gasteiger partial charge in [-0.05, 0) is 30.3 Å². The molecule has 2 N–H and O–H groups in total. The summed E-state index contributed by atoms with van der Waals surface area (Å²) in [6, 6.07) is 15.9. The number of halogens is 2. The molecule has 4 rings (SSSR count). The lowest BCUT2D eigenvalue weighted by Crippen LogP contribution is -2.40. The summed E-state index contributed by atoms with van der Waals surface area (Å²) in [6.45, 7) is 0. The first-order valence-electron chi connectivity index (χ1n) is 8.36. The van der Waals surface area contributed by atoms with E-state index in [9.17, 15) is 20.0 Å². The lowest BCUT2D eigenvalue weighted by Gasteiger charge is -2.24. The van der Waals surface area contributed by atoms with Gasteiger partial charge in [-0.15, -0.1) is 0 Å². The largest absolute Gasteiger partial charge is 0.363 e. The molecule has 0 bridgehead atoms. The van der Waals surface area contributed by atoms with Crippen molar-refractivity contribution in [2.75, 3.05) is 0 Å². The van der Waals surface area contributed by atoms with Crippen LogP contribution in [0.4, 0.5) is 5.69 Å². The number of hydrogen-bond acceptors (Lipinski definition) is 5. The molecule has 29 heavy (non-hydrogen) atoms. The van der Waals surface area contributed by atoms with Crippen LogP contribution in [-0.4, -0.2) is 15.9 Å². The number of benzene rings is 3. The fourth-order valence-corrected chi connectivity index (χ4v) is 4.47. The third-order valence-corrected chi connectivity index (χ3v) is 6.34. The van der Waals surface area contributed by atoms with Crippen LogP contribution in [0.3, 0.4) is 0 Å². The molecule has 146 valence electrons. The van der Waals surface area contributed by atoms with Gasteiger partial charge in [0.1, 0.15) is 0 Å². The highest BCUT2D eigenvalue weighted by Gasteiger charge is 2.43. The molecule has 3 aromatic rings. The van der Waals surface area contributed by atoms with Gasteiger partial charge in [0.2, 0.25) is 0 Å². The van der Waals surface area contributed by atoms with Gasteiger partial charge in [-0.1, -0.05) is 59.2 Å². The number of carbonyl (C=O) groups is 1. The maximum atomic E-state index is 12.2. The van der Waals surface area contributed by atoms with Crippen molar-refractivity contribution in [2.24, 2.45) is 0 Å².